The summed E-state index contributed by atoms with van der Waals surface area (Å²) in [5.74, 6) is 1.40. The molecule has 0 spiro atoms. The van der Waals surface area contributed by atoms with Gasteiger partial charge in [-0.2, -0.15) is 0 Å². The van der Waals surface area contributed by atoms with Crippen molar-refractivity contribution in [3.8, 4) is 0 Å². The first kappa shape index (κ1) is 16.5. The number of nitrogens with two attached hydrogens (primary N) is 1. The highest BCUT2D eigenvalue weighted by atomic mass is 16.2. The minimum atomic E-state index is 0.260. The number of carbonyl (C=O) groups is 1. The van der Waals surface area contributed by atoms with Crippen LogP contribution in [0.5, 0.6) is 0 Å². The number of nitrogens with zero attached hydrogens (tertiary/aromatic N) is 1. The number of rotatable bonds is 5. The largest absolute Gasteiger partial charge is 0.343 e. The van der Waals surface area contributed by atoms with Gasteiger partial charge in [0.2, 0.25) is 5.91 Å². The van der Waals surface area contributed by atoms with Crippen LogP contribution in [0.25, 0.3) is 0 Å². The van der Waals surface area contributed by atoms with Gasteiger partial charge in [-0.3, -0.25) is 4.79 Å². The first-order valence-corrected chi connectivity index (χ1v) is 7.89. The molecule has 1 fully saturated rings. The Hall–Kier alpha value is -0.570. The summed E-state index contributed by atoms with van der Waals surface area (Å²) in [7, 11) is 0. The molecular weight excluding hydrogens is 236 g/mol. The summed E-state index contributed by atoms with van der Waals surface area (Å²) in [6.45, 7) is 11.3. The molecule has 112 valence electrons. The molecule has 19 heavy (non-hydrogen) atoms. The molecule has 3 heteroatoms. The second-order valence-electron chi connectivity index (χ2n) is 6.97. The van der Waals surface area contributed by atoms with Crippen molar-refractivity contribution in [3.63, 3.8) is 0 Å². The first-order valence-electron chi connectivity index (χ1n) is 7.89. The van der Waals surface area contributed by atoms with E-state index in [9.17, 15) is 4.79 Å². The van der Waals surface area contributed by atoms with Crippen molar-refractivity contribution in [2.24, 2.45) is 23.0 Å². The Balaban J connectivity index is 2.47. The van der Waals surface area contributed by atoms with Crippen LogP contribution in [0.4, 0.5) is 0 Å². The maximum absolute atomic E-state index is 12.5. The van der Waals surface area contributed by atoms with E-state index in [1.807, 2.05) is 4.90 Å². The fourth-order valence-electron chi connectivity index (χ4n) is 3.17. The summed E-state index contributed by atoms with van der Waals surface area (Å²) in [6.07, 6.45) is 5.46. The van der Waals surface area contributed by atoms with Gasteiger partial charge in [-0.25, -0.2) is 0 Å². The maximum atomic E-state index is 12.5. The molecule has 3 nitrogen and oxygen atoms in total. The maximum Gasteiger partial charge on any atom is 0.225 e. The highest BCUT2D eigenvalue weighted by Crippen LogP contribution is 2.40. The van der Waals surface area contributed by atoms with E-state index < -0.39 is 0 Å². The zero-order chi connectivity index (χ0) is 14.5. The van der Waals surface area contributed by atoms with Gasteiger partial charge in [0.1, 0.15) is 0 Å². The molecule has 1 saturated carbocycles. The van der Waals surface area contributed by atoms with Gasteiger partial charge in [-0.1, -0.05) is 20.8 Å². The number of amides is 1. The van der Waals surface area contributed by atoms with E-state index in [0.29, 0.717) is 17.9 Å². The van der Waals surface area contributed by atoms with Crippen LogP contribution in [0.2, 0.25) is 0 Å². The van der Waals surface area contributed by atoms with E-state index >= 15 is 0 Å². The minimum Gasteiger partial charge on any atom is -0.343 e. The smallest absolute Gasteiger partial charge is 0.225 e. The predicted octanol–water partition coefficient (Wildman–Crippen LogP) is 3.04. The summed E-state index contributed by atoms with van der Waals surface area (Å²) in [5, 5.41) is 0. The Bertz CT molecular complexity index is 275. The third-order valence-electron chi connectivity index (χ3n) is 4.63. The molecule has 0 heterocycles. The van der Waals surface area contributed by atoms with Crippen LogP contribution >= 0.6 is 0 Å². The first-order chi connectivity index (χ1) is 8.90. The van der Waals surface area contributed by atoms with E-state index in [0.717, 1.165) is 38.3 Å². The summed E-state index contributed by atoms with van der Waals surface area (Å²) in [4.78, 5) is 14.5. The minimum absolute atomic E-state index is 0.260. The Morgan fingerprint density at radius 1 is 1.21 bits per heavy atom. The van der Waals surface area contributed by atoms with Gasteiger partial charge in [-0.05, 0) is 56.9 Å². The number of carbonyl (C=O) groups excluding carboxylic acids is 1. The van der Waals surface area contributed by atoms with Crippen molar-refractivity contribution < 1.29 is 4.79 Å². The van der Waals surface area contributed by atoms with Gasteiger partial charge >= 0.3 is 0 Å². The second-order valence-corrected chi connectivity index (χ2v) is 6.97. The van der Waals surface area contributed by atoms with Crippen molar-refractivity contribution >= 4 is 5.91 Å². The molecule has 1 aliphatic rings. The van der Waals surface area contributed by atoms with E-state index in [1.165, 1.54) is 12.8 Å². The highest BCUT2D eigenvalue weighted by molar-refractivity contribution is 5.78. The SMILES string of the molecule is CCN(CCCN)C(=O)C1CCC(C(C)(C)C)CC1. The topological polar surface area (TPSA) is 46.3 Å². The van der Waals surface area contributed by atoms with Gasteiger partial charge in [-0.15, -0.1) is 0 Å². The molecule has 2 N–H and O–H groups in total. The lowest BCUT2D eigenvalue weighted by Crippen LogP contribution is -2.39. The van der Waals surface area contributed by atoms with Gasteiger partial charge < -0.3 is 10.6 Å². The van der Waals surface area contributed by atoms with Gasteiger partial charge in [0.05, 0.1) is 0 Å². The fraction of sp³-hybridized carbons (Fsp3) is 0.938. The number of hydrogen-bond acceptors (Lipinski definition) is 2. The molecule has 0 aromatic carbocycles. The molecule has 0 aromatic rings. The summed E-state index contributed by atoms with van der Waals surface area (Å²) in [6, 6.07) is 0. The molecule has 0 atom stereocenters. The molecule has 0 bridgehead atoms. The molecular formula is C16H32N2O. The molecule has 1 amide bonds. The van der Waals surface area contributed by atoms with Gasteiger partial charge in [0.15, 0.2) is 0 Å². The lowest BCUT2D eigenvalue weighted by atomic mass is 9.69. The Kier molecular flexibility index (Phi) is 6.31. The van der Waals surface area contributed by atoms with E-state index in [2.05, 4.69) is 27.7 Å². The van der Waals surface area contributed by atoms with Crippen LogP contribution in [0.15, 0.2) is 0 Å². The lowest BCUT2D eigenvalue weighted by Gasteiger charge is -2.37. The van der Waals surface area contributed by atoms with Crippen molar-refractivity contribution in [2.75, 3.05) is 19.6 Å². The Morgan fingerprint density at radius 2 is 1.79 bits per heavy atom. The summed E-state index contributed by atoms with van der Waals surface area (Å²) < 4.78 is 0. The molecule has 0 saturated heterocycles. The predicted molar refractivity (Wildman–Crippen MR) is 80.8 cm³/mol. The van der Waals surface area contributed by atoms with Crippen molar-refractivity contribution in [1.29, 1.82) is 0 Å². The summed E-state index contributed by atoms with van der Waals surface area (Å²) in [5.41, 5.74) is 5.93. The lowest BCUT2D eigenvalue weighted by molar-refractivity contribution is -0.137. The van der Waals surface area contributed by atoms with E-state index in [4.69, 9.17) is 5.73 Å². The molecule has 0 aromatic heterocycles. The van der Waals surface area contributed by atoms with E-state index in [1.54, 1.807) is 0 Å². The van der Waals surface area contributed by atoms with Crippen LogP contribution < -0.4 is 5.73 Å². The van der Waals surface area contributed by atoms with E-state index in [-0.39, 0.29) is 5.92 Å². The zero-order valence-electron chi connectivity index (χ0n) is 13.2. The van der Waals surface area contributed by atoms with Crippen molar-refractivity contribution in [1.82, 2.24) is 4.90 Å². The Morgan fingerprint density at radius 3 is 2.21 bits per heavy atom. The quantitative estimate of drug-likeness (QED) is 0.833. The number of hydrogen-bond donors (Lipinski definition) is 1. The molecule has 0 aliphatic heterocycles. The second kappa shape index (κ2) is 7.28. The van der Waals surface area contributed by atoms with Gasteiger partial charge in [0, 0.05) is 19.0 Å². The highest BCUT2D eigenvalue weighted by Gasteiger charge is 2.33. The van der Waals surface area contributed by atoms with Crippen molar-refractivity contribution in [2.45, 2.75) is 59.8 Å². The van der Waals surface area contributed by atoms with Crippen LogP contribution in [0.3, 0.4) is 0 Å². The third kappa shape index (κ3) is 4.79. The average molecular weight is 268 g/mol. The normalized spacial score (nSPS) is 24.3. The van der Waals surface area contributed by atoms with Crippen LogP contribution in [-0.2, 0) is 4.79 Å². The molecule has 1 rings (SSSR count). The molecule has 1 aliphatic carbocycles. The average Bonchev–Trinajstić information content (AvgIpc) is 2.38. The third-order valence-corrected chi connectivity index (χ3v) is 4.63. The summed E-state index contributed by atoms with van der Waals surface area (Å²) >= 11 is 0. The van der Waals surface area contributed by atoms with Crippen LogP contribution in [0, 0.1) is 17.3 Å². The molecule has 0 radical (unpaired) electrons. The van der Waals surface area contributed by atoms with Crippen LogP contribution in [0.1, 0.15) is 59.8 Å². The monoisotopic (exact) mass is 268 g/mol. The zero-order valence-corrected chi connectivity index (χ0v) is 13.2. The fourth-order valence-corrected chi connectivity index (χ4v) is 3.17. The Labute approximate surface area is 118 Å². The molecule has 0 unspecified atom stereocenters. The van der Waals surface area contributed by atoms with Crippen LogP contribution in [-0.4, -0.2) is 30.4 Å². The van der Waals surface area contributed by atoms with Crippen molar-refractivity contribution in [3.05, 3.63) is 0 Å². The standard InChI is InChI=1S/C16H32N2O/c1-5-18(12-6-11-17)15(19)13-7-9-14(10-8-13)16(2,3)4/h13-14H,5-12,17H2,1-4H3. The van der Waals surface area contributed by atoms with Gasteiger partial charge in [0.25, 0.3) is 0 Å².